The highest BCUT2D eigenvalue weighted by molar-refractivity contribution is 9.10. The third-order valence-electron chi connectivity index (χ3n) is 31.1. The van der Waals surface area contributed by atoms with Crippen LogP contribution >= 0.6 is 31.9 Å². The molecule has 4 atom stereocenters. The summed E-state index contributed by atoms with van der Waals surface area (Å²) >= 11 is 7.65. The molecule has 24 rings (SSSR count). The summed E-state index contributed by atoms with van der Waals surface area (Å²) in [5, 5.41) is 11.3. The van der Waals surface area contributed by atoms with Crippen molar-refractivity contribution >= 4 is 110 Å². The fourth-order valence-corrected chi connectivity index (χ4v) is 24.6. The lowest BCUT2D eigenvalue weighted by Gasteiger charge is -2.43. The lowest BCUT2D eigenvalue weighted by Crippen LogP contribution is -2.32. The predicted molar refractivity (Wildman–Crippen MR) is 607 cm³/mol. The van der Waals surface area contributed by atoms with Gasteiger partial charge < -0.3 is 15.1 Å². The Bertz CT molecular complexity index is 7500. The molecule has 0 aliphatic heterocycles. The van der Waals surface area contributed by atoms with Crippen LogP contribution in [0.4, 0.5) is 45.5 Å². The Morgan fingerprint density at radius 1 is 0.221 bits per heavy atom. The number of nitrogens with zero attached hydrogens (tertiary/aromatic N) is 2. The van der Waals surface area contributed by atoms with Gasteiger partial charge in [-0.15, -0.1) is 0 Å². The quantitative estimate of drug-likeness (QED) is 0.153. The second-order valence-corrected chi connectivity index (χ2v) is 47.7. The minimum atomic E-state index is -0.643. The minimum absolute atomic E-state index is 0. The van der Waals surface area contributed by atoms with Crippen LogP contribution < -0.4 is 15.1 Å². The fraction of sp³-hybridized carbons (Fsp3) is 0.230. The van der Waals surface area contributed by atoms with E-state index in [-0.39, 0.29) is 51.2 Å². The molecule has 0 radical (unpaired) electrons. The first-order valence-corrected chi connectivity index (χ1v) is 51.5. The number of hydrogen-bond donors (Lipinski definition) is 1. The summed E-state index contributed by atoms with van der Waals surface area (Å²) in [4.78, 5) is 4.99. The molecule has 7 aliphatic carbocycles. The lowest BCUT2D eigenvalue weighted by atomic mass is 9.60. The summed E-state index contributed by atoms with van der Waals surface area (Å²) in [6.45, 7) is 41.0. The molecule has 140 heavy (non-hydrogen) atoms. The summed E-state index contributed by atoms with van der Waals surface area (Å²) in [7, 11) is 0. The van der Waals surface area contributed by atoms with E-state index in [0.717, 1.165) is 54.4 Å². The molecular weight excluding hydrogens is 1820 g/mol. The van der Waals surface area contributed by atoms with E-state index in [2.05, 4.69) is 560 Å². The number of benzene rings is 17. The number of allylic oxidation sites excluding steroid dienone is 8. The van der Waals surface area contributed by atoms with Crippen molar-refractivity contribution in [3.05, 3.63) is 486 Å². The summed E-state index contributed by atoms with van der Waals surface area (Å²) in [5.74, 6) is 1.37. The van der Waals surface area contributed by atoms with Crippen molar-refractivity contribution in [2.75, 3.05) is 15.1 Å². The molecule has 17 aromatic rings. The van der Waals surface area contributed by atoms with Gasteiger partial charge in [-0.05, 0) is 350 Å². The van der Waals surface area contributed by atoms with Crippen LogP contribution in [0.15, 0.2) is 397 Å². The van der Waals surface area contributed by atoms with Gasteiger partial charge in [0.15, 0.2) is 0 Å². The molecular formula is C135H127Br2N3. The molecule has 0 saturated carbocycles. The van der Waals surface area contributed by atoms with Gasteiger partial charge in [-0.2, -0.15) is 0 Å². The van der Waals surface area contributed by atoms with E-state index in [1.54, 1.807) is 0 Å². The van der Waals surface area contributed by atoms with Crippen LogP contribution in [0.2, 0.25) is 0 Å². The Morgan fingerprint density at radius 2 is 0.479 bits per heavy atom. The van der Waals surface area contributed by atoms with Crippen LogP contribution in [0, 0.1) is 11.8 Å². The molecule has 7 aliphatic rings. The topological polar surface area (TPSA) is 18.5 Å². The van der Waals surface area contributed by atoms with Gasteiger partial charge in [0.25, 0.3) is 0 Å². The monoisotopic (exact) mass is 1950 g/mol. The molecule has 2 spiro atoms. The Hall–Kier alpha value is -13.2. The zero-order chi connectivity index (χ0) is 96.5. The number of rotatable bonds is 8. The Balaban J connectivity index is 0.000000156. The number of halogens is 2. The van der Waals surface area contributed by atoms with Gasteiger partial charge in [-0.3, -0.25) is 0 Å². The van der Waals surface area contributed by atoms with Crippen LogP contribution in [0.3, 0.4) is 0 Å². The van der Waals surface area contributed by atoms with E-state index in [1.807, 2.05) is 0 Å². The van der Waals surface area contributed by atoms with Crippen molar-refractivity contribution in [1.82, 2.24) is 0 Å². The van der Waals surface area contributed by atoms with Crippen molar-refractivity contribution in [3.63, 3.8) is 0 Å². The summed E-state index contributed by atoms with van der Waals surface area (Å²) < 4.78 is 2.21. The second kappa shape index (κ2) is 34.7. The minimum Gasteiger partial charge on any atom is -0.356 e. The maximum absolute atomic E-state index is 3.82. The number of anilines is 8. The van der Waals surface area contributed by atoms with Gasteiger partial charge >= 0.3 is 0 Å². The average Bonchev–Trinajstić information content (AvgIpc) is 1.50. The Morgan fingerprint density at radius 3 is 0.829 bits per heavy atom. The molecule has 4 unspecified atom stereocenters. The highest BCUT2D eigenvalue weighted by Gasteiger charge is 2.56. The molecule has 0 fully saturated rings. The largest absolute Gasteiger partial charge is 0.356 e. The van der Waals surface area contributed by atoms with Crippen molar-refractivity contribution in [1.29, 1.82) is 0 Å². The van der Waals surface area contributed by atoms with E-state index in [1.165, 1.54) is 166 Å². The van der Waals surface area contributed by atoms with Crippen LogP contribution in [0.25, 0.3) is 76.8 Å². The molecule has 0 saturated heterocycles. The smallest absolute Gasteiger partial charge is 0.0727 e. The lowest BCUT2D eigenvalue weighted by molar-refractivity contribution is 0.370. The van der Waals surface area contributed by atoms with Gasteiger partial charge in [0.1, 0.15) is 0 Å². The van der Waals surface area contributed by atoms with Crippen molar-refractivity contribution in [2.45, 2.75) is 187 Å². The van der Waals surface area contributed by atoms with Crippen LogP contribution in [0.5, 0.6) is 0 Å². The van der Waals surface area contributed by atoms with E-state index in [9.17, 15) is 0 Å². The average molecular weight is 1950 g/mol. The van der Waals surface area contributed by atoms with Crippen molar-refractivity contribution < 1.29 is 0 Å². The Labute approximate surface area is 847 Å². The van der Waals surface area contributed by atoms with Gasteiger partial charge in [-0.25, -0.2) is 0 Å². The number of nitrogens with one attached hydrogen (secondary N) is 1. The predicted octanol–water partition coefficient (Wildman–Crippen LogP) is 38.5. The number of fused-ring (bicyclic) bond motifs is 32. The first kappa shape index (κ1) is 93.2. The van der Waals surface area contributed by atoms with Gasteiger partial charge in [0.2, 0.25) is 0 Å². The molecule has 5 heteroatoms. The van der Waals surface area contributed by atoms with Crippen LogP contribution in [-0.4, -0.2) is 0 Å². The highest BCUT2D eigenvalue weighted by Crippen LogP contribution is 2.68. The maximum Gasteiger partial charge on any atom is 0.0727 e. The normalized spacial score (nSPS) is 16.5. The molecule has 17 aromatic carbocycles. The van der Waals surface area contributed by atoms with E-state index >= 15 is 0 Å². The summed E-state index contributed by atoms with van der Waals surface area (Å²) in [6.07, 6.45) is 19.0. The molecule has 0 amide bonds. The van der Waals surface area contributed by atoms with Crippen molar-refractivity contribution in [3.8, 4) is 44.5 Å². The molecule has 1 N–H and O–H groups in total. The molecule has 696 valence electrons. The zero-order valence-corrected chi connectivity index (χ0v) is 86.6. The third-order valence-corrected chi connectivity index (χ3v) is 32.1. The van der Waals surface area contributed by atoms with Crippen LogP contribution in [-0.2, 0) is 43.3 Å². The summed E-state index contributed by atoms with van der Waals surface area (Å²) in [5.41, 5.74) is 40.8. The maximum atomic E-state index is 3.82. The van der Waals surface area contributed by atoms with Crippen LogP contribution in [0.1, 0.15) is 233 Å². The third kappa shape index (κ3) is 15.7. The van der Waals surface area contributed by atoms with Gasteiger partial charge in [-0.1, -0.05) is 413 Å². The summed E-state index contributed by atoms with van der Waals surface area (Å²) in [6, 6.07) is 130. The Kier molecular flexibility index (Phi) is 23.1. The number of hydrogen-bond acceptors (Lipinski definition) is 3. The van der Waals surface area contributed by atoms with Gasteiger partial charge in [0, 0.05) is 66.3 Å². The highest BCUT2D eigenvalue weighted by atomic mass is 79.9. The van der Waals surface area contributed by atoms with E-state index in [4.69, 9.17) is 0 Å². The SMILES string of the molecule is Brc1ccc2c(c1)C1(c3ccccc3-c3cc4c5ccccc5c5ccccc5c4cc31)c1cc(Br)ccc1-2.C.CC(C)(C)c1ccc(N(c2ccc(C(C)(C)C)cc2)c2ccc3c(c2)C2(c4ccccc4-c4cc5c(cc42)C2C=CC=CC2C2C=CC=CC52)c2cc(N(c4ccc(C(C)(C)C)cc4)c4ccc(C(C)(C)C)cc4)ccc2-3)cc1.CC(C)(C)c1ccc(Nc2ccc(C(C)(C)C)cc2)cc1. The molecule has 3 nitrogen and oxygen atoms in total. The second-order valence-electron chi connectivity index (χ2n) is 45.9. The molecule has 0 bridgehead atoms. The van der Waals surface area contributed by atoms with E-state index in [0.29, 0.717) is 17.8 Å². The zero-order valence-electron chi connectivity index (χ0n) is 83.4. The molecule has 0 heterocycles. The first-order chi connectivity index (χ1) is 66.5. The van der Waals surface area contributed by atoms with E-state index < -0.39 is 5.41 Å². The van der Waals surface area contributed by atoms with Crippen molar-refractivity contribution in [2.24, 2.45) is 11.8 Å². The fourth-order valence-electron chi connectivity index (χ4n) is 23.8. The first-order valence-electron chi connectivity index (χ1n) is 49.9. The van der Waals surface area contributed by atoms with Gasteiger partial charge in [0.05, 0.1) is 10.8 Å². The standard InChI is InChI=1S/C77H76N2.C37H20Br2.C20H27N.CH4/c1-73(2,3)49-25-33-53(34-26-49)78(54-35-27-50(28-36-54)74(4,5)6)57-41-43-64-65-44-42-58(79(55-37-29-51(30-38-55)75(7,8)9)56-39-31-52(32-40-56)76(10,11)12)46-71(65)77(70(64)45-57)69-24-18-17-23-63(69)68-47-66-61-21-15-13-19-59(61)60-20-14-16-22-62(60)67(66)48-72(68)77;38-21-13-15-28-29-16-14-22(39)18-35(29)37(34(28)17-21)33-12-6-5-11-27(33)32-19-30-25-9-3-1-7-23(25)24-8-2-4-10-26(24)31(30)20-36(32)37;1-19(2,3)15-7-11-17(12-8-15)21-18-13-9-16(10-14-18)20(4,5)6;/h13-48,59-62H,1-12H3;1-20H;7-14,21H,1-6H3;1H4. The molecule has 0 aromatic heterocycles.